The van der Waals surface area contributed by atoms with Gasteiger partial charge in [0.1, 0.15) is 5.52 Å². The van der Waals surface area contributed by atoms with Gasteiger partial charge in [0.15, 0.2) is 17.1 Å². The number of carboxylic acids is 1. The van der Waals surface area contributed by atoms with Gasteiger partial charge >= 0.3 is 5.97 Å². The molecular formula is C18H15NO5. The van der Waals surface area contributed by atoms with E-state index in [0.29, 0.717) is 28.5 Å². The molecule has 1 aromatic heterocycles. The van der Waals surface area contributed by atoms with Crippen LogP contribution in [0.5, 0.6) is 11.5 Å². The van der Waals surface area contributed by atoms with E-state index in [-0.39, 0.29) is 5.56 Å². The number of aromatic carboxylic acids is 1. The number of carbonyl (C=O) groups is 1. The van der Waals surface area contributed by atoms with Crippen molar-refractivity contribution < 1.29 is 23.8 Å². The highest BCUT2D eigenvalue weighted by Crippen LogP contribution is 2.28. The first-order valence-electron chi connectivity index (χ1n) is 7.15. The molecule has 6 nitrogen and oxygen atoms in total. The summed E-state index contributed by atoms with van der Waals surface area (Å²) in [4.78, 5) is 15.4. The zero-order valence-electron chi connectivity index (χ0n) is 13.1. The minimum absolute atomic E-state index is 0.113. The van der Waals surface area contributed by atoms with Crippen LogP contribution >= 0.6 is 0 Å². The number of fused-ring (bicyclic) bond motifs is 1. The van der Waals surface area contributed by atoms with Crippen LogP contribution < -0.4 is 9.47 Å². The molecule has 0 saturated heterocycles. The highest BCUT2D eigenvalue weighted by atomic mass is 16.5. The molecule has 24 heavy (non-hydrogen) atoms. The van der Waals surface area contributed by atoms with Crippen molar-refractivity contribution in [1.29, 1.82) is 0 Å². The molecule has 3 aromatic rings. The zero-order valence-corrected chi connectivity index (χ0v) is 13.1. The molecule has 1 N–H and O–H groups in total. The maximum absolute atomic E-state index is 11.2. The zero-order chi connectivity index (χ0) is 17.1. The van der Waals surface area contributed by atoms with Gasteiger partial charge in [0.2, 0.25) is 5.89 Å². The van der Waals surface area contributed by atoms with Crippen LogP contribution in [0.15, 0.2) is 40.8 Å². The monoisotopic (exact) mass is 325 g/mol. The number of methoxy groups -OCH3 is 2. The number of oxazole rings is 1. The Labute approximate surface area is 138 Å². The number of nitrogens with zero attached hydrogens (tertiary/aromatic N) is 1. The third kappa shape index (κ3) is 2.94. The van der Waals surface area contributed by atoms with Gasteiger partial charge in [0.05, 0.1) is 19.8 Å². The van der Waals surface area contributed by atoms with E-state index in [1.54, 1.807) is 44.6 Å². The molecule has 0 aliphatic rings. The molecule has 6 heteroatoms. The molecule has 0 amide bonds. The normalized spacial score (nSPS) is 11.1. The summed E-state index contributed by atoms with van der Waals surface area (Å²) in [6.07, 6.45) is 3.47. The van der Waals surface area contributed by atoms with Gasteiger partial charge in [-0.05, 0) is 35.9 Å². The van der Waals surface area contributed by atoms with Crippen molar-refractivity contribution in [2.45, 2.75) is 0 Å². The molecule has 3 rings (SSSR count). The van der Waals surface area contributed by atoms with E-state index in [4.69, 9.17) is 13.9 Å². The van der Waals surface area contributed by atoms with E-state index in [1.807, 2.05) is 12.1 Å². The predicted octanol–water partition coefficient (Wildman–Crippen LogP) is 3.71. The summed E-state index contributed by atoms with van der Waals surface area (Å²) in [5.74, 6) is 0.547. The molecule has 122 valence electrons. The number of aromatic nitrogens is 1. The van der Waals surface area contributed by atoms with Crippen LogP contribution in [0.1, 0.15) is 21.8 Å². The Kier molecular flexibility index (Phi) is 4.20. The van der Waals surface area contributed by atoms with Crippen molar-refractivity contribution in [3.8, 4) is 11.5 Å². The molecule has 0 aliphatic carbocycles. The quantitative estimate of drug-likeness (QED) is 0.770. The Morgan fingerprint density at radius 2 is 1.92 bits per heavy atom. The lowest BCUT2D eigenvalue weighted by atomic mass is 10.2. The fourth-order valence-corrected chi connectivity index (χ4v) is 2.33. The molecule has 0 spiro atoms. The first kappa shape index (κ1) is 15.6. The first-order valence-corrected chi connectivity index (χ1v) is 7.15. The standard InChI is InChI=1S/C18H15NO5/c1-22-13-8-6-11(10-15(13)23-2)7-9-16-19-17-12(18(20)21)4-3-5-14(17)24-16/h3-10H,1-2H3,(H,20,21). The third-order valence-corrected chi connectivity index (χ3v) is 3.49. The van der Waals surface area contributed by atoms with Gasteiger partial charge in [-0.1, -0.05) is 12.1 Å². The number of hydrogen-bond donors (Lipinski definition) is 1. The van der Waals surface area contributed by atoms with E-state index in [9.17, 15) is 9.90 Å². The predicted molar refractivity (Wildman–Crippen MR) is 89.4 cm³/mol. The molecule has 0 saturated carbocycles. The van der Waals surface area contributed by atoms with Crippen molar-refractivity contribution in [3.05, 3.63) is 53.4 Å². The Hall–Kier alpha value is -3.28. The maximum Gasteiger partial charge on any atom is 0.338 e. The fourth-order valence-electron chi connectivity index (χ4n) is 2.33. The SMILES string of the molecule is COc1ccc(C=Cc2nc3c(C(=O)O)cccc3o2)cc1OC. The molecule has 0 radical (unpaired) electrons. The molecular weight excluding hydrogens is 310 g/mol. The molecule has 1 heterocycles. The third-order valence-electron chi connectivity index (χ3n) is 3.49. The second kappa shape index (κ2) is 6.45. The van der Waals surface area contributed by atoms with E-state index in [2.05, 4.69) is 4.98 Å². The maximum atomic E-state index is 11.2. The topological polar surface area (TPSA) is 81.8 Å². The second-order valence-corrected chi connectivity index (χ2v) is 4.96. The highest BCUT2D eigenvalue weighted by Gasteiger charge is 2.13. The Balaban J connectivity index is 1.93. The molecule has 0 fully saturated rings. The second-order valence-electron chi connectivity index (χ2n) is 4.96. The Bertz CT molecular complexity index is 926. The number of para-hydroxylation sites is 1. The van der Waals surface area contributed by atoms with Crippen molar-refractivity contribution in [1.82, 2.24) is 4.98 Å². The van der Waals surface area contributed by atoms with Crippen LogP contribution in [0.2, 0.25) is 0 Å². The van der Waals surface area contributed by atoms with Crippen LogP contribution in [-0.2, 0) is 0 Å². The fraction of sp³-hybridized carbons (Fsp3) is 0.111. The summed E-state index contributed by atoms with van der Waals surface area (Å²) in [6, 6.07) is 10.3. The molecule has 0 atom stereocenters. The van der Waals surface area contributed by atoms with Crippen LogP contribution in [0.4, 0.5) is 0 Å². The summed E-state index contributed by atoms with van der Waals surface area (Å²) < 4.78 is 16.0. The summed E-state index contributed by atoms with van der Waals surface area (Å²) in [5, 5.41) is 9.18. The summed E-state index contributed by atoms with van der Waals surface area (Å²) in [7, 11) is 3.14. The van der Waals surface area contributed by atoms with E-state index in [0.717, 1.165) is 5.56 Å². The minimum atomic E-state index is -1.04. The smallest absolute Gasteiger partial charge is 0.338 e. The van der Waals surface area contributed by atoms with Gasteiger partial charge in [-0.2, -0.15) is 0 Å². The number of carboxylic acid groups (broad SMARTS) is 1. The van der Waals surface area contributed by atoms with Gasteiger partial charge in [-0.15, -0.1) is 0 Å². The van der Waals surface area contributed by atoms with Gasteiger partial charge in [0, 0.05) is 6.08 Å². The number of hydrogen-bond acceptors (Lipinski definition) is 5. The Morgan fingerprint density at radius 3 is 2.62 bits per heavy atom. The van der Waals surface area contributed by atoms with E-state index >= 15 is 0 Å². The number of ether oxygens (including phenoxy) is 2. The first-order chi connectivity index (χ1) is 11.6. The lowest BCUT2D eigenvalue weighted by molar-refractivity contribution is 0.0699. The lowest BCUT2D eigenvalue weighted by Crippen LogP contribution is -1.96. The lowest BCUT2D eigenvalue weighted by Gasteiger charge is -2.07. The van der Waals surface area contributed by atoms with Crippen molar-refractivity contribution in [2.24, 2.45) is 0 Å². The van der Waals surface area contributed by atoms with Crippen molar-refractivity contribution in [3.63, 3.8) is 0 Å². The summed E-state index contributed by atoms with van der Waals surface area (Å²) in [5.41, 5.74) is 1.74. The average Bonchev–Trinajstić information content (AvgIpc) is 3.02. The summed E-state index contributed by atoms with van der Waals surface area (Å²) >= 11 is 0. The van der Waals surface area contributed by atoms with Crippen molar-refractivity contribution in [2.75, 3.05) is 14.2 Å². The van der Waals surface area contributed by atoms with Crippen LogP contribution in [-0.4, -0.2) is 30.3 Å². The van der Waals surface area contributed by atoms with E-state index < -0.39 is 5.97 Å². The average molecular weight is 325 g/mol. The largest absolute Gasteiger partial charge is 0.493 e. The van der Waals surface area contributed by atoms with E-state index in [1.165, 1.54) is 6.07 Å². The molecule has 0 unspecified atom stereocenters. The number of benzene rings is 2. The van der Waals surface area contributed by atoms with Crippen LogP contribution in [0, 0.1) is 0 Å². The van der Waals surface area contributed by atoms with Crippen LogP contribution in [0.25, 0.3) is 23.3 Å². The van der Waals surface area contributed by atoms with Crippen LogP contribution in [0.3, 0.4) is 0 Å². The molecule has 0 aliphatic heterocycles. The summed E-state index contributed by atoms with van der Waals surface area (Å²) in [6.45, 7) is 0. The highest BCUT2D eigenvalue weighted by molar-refractivity contribution is 6.00. The molecule has 2 aromatic carbocycles. The minimum Gasteiger partial charge on any atom is -0.493 e. The number of rotatable bonds is 5. The van der Waals surface area contributed by atoms with Gasteiger partial charge in [-0.3, -0.25) is 0 Å². The molecule has 0 bridgehead atoms. The Morgan fingerprint density at radius 1 is 1.12 bits per heavy atom. The van der Waals surface area contributed by atoms with Crippen molar-refractivity contribution >= 4 is 29.2 Å². The van der Waals surface area contributed by atoms with Gasteiger partial charge < -0.3 is 19.0 Å². The van der Waals surface area contributed by atoms with Gasteiger partial charge in [-0.25, -0.2) is 9.78 Å². The van der Waals surface area contributed by atoms with Gasteiger partial charge in [0.25, 0.3) is 0 Å².